The Balaban J connectivity index is 2.02. The molecule has 1 unspecified atom stereocenters. The zero-order valence-electron chi connectivity index (χ0n) is 9.81. The molecule has 0 saturated heterocycles. The van der Waals surface area contributed by atoms with E-state index in [0.717, 1.165) is 11.3 Å². The van der Waals surface area contributed by atoms with Gasteiger partial charge in [0.2, 0.25) is 0 Å². The maximum atomic E-state index is 10.0. The Bertz CT molecular complexity index is 516. The summed E-state index contributed by atoms with van der Waals surface area (Å²) in [7, 11) is 0. The van der Waals surface area contributed by atoms with E-state index < -0.39 is 6.10 Å². The van der Waals surface area contributed by atoms with E-state index in [-0.39, 0.29) is 0 Å². The van der Waals surface area contributed by atoms with Crippen LogP contribution in [0.5, 0.6) is 0 Å². The van der Waals surface area contributed by atoms with E-state index in [1.165, 1.54) is 0 Å². The van der Waals surface area contributed by atoms with Gasteiger partial charge in [0.1, 0.15) is 0 Å². The minimum atomic E-state index is -0.579. The predicted molar refractivity (Wildman–Crippen MR) is 75.8 cm³/mol. The van der Waals surface area contributed by atoms with Crippen LogP contribution in [0.25, 0.3) is 0 Å². The lowest BCUT2D eigenvalue weighted by atomic mass is 10.1. The molecule has 0 radical (unpaired) electrons. The summed E-state index contributed by atoms with van der Waals surface area (Å²) in [6.07, 6.45) is -0.579. The quantitative estimate of drug-likeness (QED) is 0.742. The number of aliphatic hydroxyl groups excluding tert-OH is 1. The van der Waals surface area contributed by atoms with Gasteiger partial charge in [0.15, 0.2) is 0 Å². The Labute approximate surface area is 111 Å². The van der Waals surface area contributed by atoms with Crippen LogP contribution >= 0.6 is 11.6 Å². The molecule has 0 bridgehead atoms. The Morgan fingerprint density at radius 3 is 2.56 bits per heavy atom. The standard InChI is InChI=1S/C14H15ClN2O/c15-11-7-4-8-12(14(11)16)17-9-13(18)10-5-2-1-3-6-10/h1-8,13,17-18H,9,16H2. The molecule has 3 nitrogen and oxygen atoms in total. The Morgan fingerprint density at radius 1 is 1.11 bits per heavy atom. The smallest absolute Gasteiger partial charge is 0.0962 e. The summed E-state index contributed by atoms with van der Waals surface area (Å²) >= 11 is 5.92. The van der Waals surface area contributed by atoms with E-state index in [0.29, 0.717) is 17.3 Å². The van der Waals surface area contributed by atoms with Crippen LogP contribution in [0.3, 0.4) is 0 Å². The summed E-state index contributed by atoms with van der Waals surface area (Å²) in [4.78, 5) is 0. The molecule has 0 fully saturated rings. The van der Waals surface area contributed by atoms with Crippen molar-refractivity contribution < 1.29 is 5.11 Å². The maximum absolute atomic E-state index is 10.0. The fraction of sp³-hybridized carbons (Fsp3) is 0.143. The molecule has 0 aliphatic heterocycles. The fourth-order valence-electron chi connectivity index (χ4n) is 1.69. The second kappa shape index (κ2) is 5.76. The van der Waals surface area contributed by atoms with Crippen molar-refractivity contribution in [2.45, 2.75) is 6.10 Å². The Morgan fingerprint density at radius 2 is 1.83 bits per heavy atom. The summed E-state index contributed by atoms with van der Waals surface area (Å²) < 4.78 is 0. The second-order valence-corrected chi connectivity index (χ2v) is 4.42. The highest BCUT2D eigenvalue weighted by atomic mass is 35.5. The summed E-state index contributed by atoms with van der Waals surface area (Å²) in [5.74, 6) is 0. The van der Waals surface area contributed by atoms with Crippen molar-refractivity contribution in [1.29, 1.82) is 0 Å². The van der Waals surface area contributed by atoms with E-state index in [1.807, 2.05) is 42.5 Å². The summed E-state index contributed by atoms with van der Waals surface area (Å²) in [5, 5.41) is 13.6. The number of nitrogens with one attached hydrogen (secondary N) is 1. The second-order valence-electron chi connectivity index (χ2n) is 4.01. The van der Waals surface area contributed by atoms with Crippen molar-refractivity contribution in [2.24, 2.45) is 0 Å². The average Bonchev–Trinajstić information content (AvgIpc) is 2.41. The fourth-order valence-corrected chi connectivity index (χ4v) is 1.87. The topological polar surface area (TPSA) is 58.3 Å². The van der Waals surface area contributed by atoms with Crippen molar-refractivity contribution in [3.63, 3.8) is 0 Å². The first-order valence-electron chi connectivity index (χ1n) is 5.69. The van der Waals surface area contributed by atoms with Crippen molar-refractivity contribution in [2.75, 3.05) is 17.6 Å². The molecule has 2 rings (SSSR count). The number of nitrogens with two attached hydrogens (primary N) is 1. The van der Waals surface area contributed by atoms with Crippen LogP contribution in [0.4, 0.5) is 11.4 Å². The van der Waals surface area contributed by atoms with E-state index in [9.17, 15) is 5.11 Å². The van der Waals surface area contributed by atoms with Gasteiger partial charge in [-0.15, -0.1) is 0 Å². The molecule has 1 atom stereocenters. The van der Waals surface area contributed by atoms with Gasteiger partial charge in [0.05, 0.1) is 22.5 Å². The molecule has 4 heteroatoms. The highest BCUT2D eigenvalue weighted by Crippen LogP contribution is 2.27. The minimum Gasteiger partial charge on any atom is -0.396 e. The highest BCUT2D eigenvalue weighted by molar-refractivity contribution is 6.33. The molecular formula is C14H15ClN2O. The van der Waals surface area contributed by atoms with Crippen LogP contribution in [0, 0.1) is 0 Å². The van der Waals surface area contributed by atoms with Gasteiger partial charge in [-0.05, 0) is 17.7 Å². The molecule has 0 aliphatic carbocycles. The van der Waals surface area contributed by atoms with Gasteiger partial charge in [-0.1, -0.05) is 48.0 Å². The van der Waals surface area contributed by atoms with Gasteiger partial charge in [-0.25, -0.2) is 0 Å². The molecule has 18 heavy (non-hydrogen) atoms. The number of halogens is 1. The van der Waals surface area contributed by atoms with Gasteiger partial charge >= 0.3 is 0 Å². The summed E-state index contributed by atoms with van der Waals surface area (Å²) in [6, 6.07) is 14.9. The van der Waals surface area contributed by atoms with Gasteiger partial charge in [0.25, 0.3) is 0 Å². The number of aliphatic hydroxyl groups is 1. The summed E-state index contributed by atoms with van der Waals surface area (Å²) in [5.41, 5.74) is 7.93. The lowest BCUT2D eigenvalue weighted by molar-refractivity contribution is 0.191. The highest BCUT2D eigenvalue weighted by Gasteiger charge is 2.08. The molecule has 2 aromatic carbocycles. The number of para-hydroxylation sites is 1. The number of hydrogen-bond acceptors (Lipinski definition) is 3. The molecule has 94 valence electrons. The van der Waals surface area contributed by atoms with Crippen LogP contribution in [0.1, 0.15) is 11.7 Å². The zero-order chi connectivity index (χ0) is 13.0. The molecule has 0 saturated carbocycles. The first-order valence-corrected chi connectivity index (χ1v) is 6.07. The Kier molecular flexibility index (Phi) is 4.07. The number of benzene rings is 2. The first kappa shape index (κ1) is 12.7. The predicted octanol–water partition coefficient (Wildman–Crippen LogP) is 3.07. The van der Waals surface area contributed by atoms with Gasteiger partial charge in [-0.2, -0.15) is 0 Å². The van der Waals surface area contributed by atoms with Crippen LogP contribution < -0.4 is 11.1 Å². The van der Waals surface area contributed by atoms with Gasteiger partial charge in [0, 0.05) is 6.54 Å². The average molecular weight is 263 g/mol. The van der Waals surface area contributed by atoms with E-state index in [1.54, 1.807) is 6.07 Å². The molecule has 0 aliphatic rings. The van der Waals surface area contributed by atoms with Crippen LogP contribution in [-0.2, 0) is 0 Å². The van der Waals surface area contributed by atoms with Crippen molar-refractivity contribution in [3.8, 4) is 0 Å². The SMILES string of the molecule is Nc1c(Cl)cccc1NCC(O)c1ccccc1. The summed E-state index contributed by atoms with van der Waals surface area (Å²) in [6.45, 7) is 0.383. The third kappa shape index (κ3) is 2.94. The third-order valence-electron chi connectivity index (χ3n) is 2.72. The molecule has 4 N–H and O–H groups in total. The van der Waals surface area contributed by atoms with E-state index in [2.05, 4.69) is 5.32 Å². The largest absolute Gasteiger partial charge is 0.396 e. The first-order chi connectivity index (χ1) is 8.68. The lowest BCUT2D eigenvalue weighted by Gasteiger charge is -2.14. The molecule has 0 spiro atoms. The Hall–Kier alpha value is -1.71. The van der Waals surface area contributed by atoms with E-state index in [4.69, 9.17) is 17.3 Å². The third-order valence-corrected chi connectivity index (χ3v) is 3.05. The maximum Gasteiger partial charge on any atom is 0.0962 e. The number of hydrogen-bond donors (Lipinski definition) is 3. The van der Waals surface area contributed by atoms with Crippen molar-refractivity contribution in [3.05, 3.63) is 59.1 Å². The van der Waals surface area contributed by atoms with Crippen LogP contribution in [-0.4, -0.2) is 11.7 Å². The van der Waals surface area contributed by atoms with Crippen LogP contribution in [0.2, 0.25) is 5.02 Å². The lowest BCUT2D eigenvalue weighted by Crippen LogP contribution is -2.13. The minimum absolute atomic E-state index is 0.383. The zero-order valence-corrected chi connectivity index (χ0v) is 10.6. The van der Waals surface area contributed by atoms with E-state index >= 15 is 0 Å². The van der Waals surface area contributed by atoms with Crippen molar-refractivity contribution in [1.82, 2.24) is 0 Å². The normalized spacial score (nSPS) is 12.1. The molecule has 0 heterocycles. The number of nitrogen functional groups attached to an aromatic ring is 1. The van der Waals surface area contributed by atoms with Crippen molar-refractivity contribution >= 4 is 23.0 Å². The number of anilines is 2. The molecule has 2 aromatic rings. The molecule has 0 amide bonds. The number of rotatable bonds is 4. The van der Waals surface area contributed by atoms with Crippen LogP contribution in [0.15, 0.2) is 48.5 Å². The van der Waals surface area contributed by atoms with Gasteiger partial charge in [-0.3, -0.25) is 0 Å². The monoisotopic (exact) mass is 262 g/mol. The molecule has 0 aromatic heterocycles. The molecular weight excluding hydrogens is 248 g/mol. The van der Waals surface area contributed by atoms with Gasteiger partial charge < -0.3 is 16.2 Å².